The van der Waals surface area contributed by atoms with Crippen molar-refractivity contribution < 1.29 is 4.74 Å². The topological polar surface area (TPSA) is 101 Å². The number of aromatic nitrogens is 5. The molecule has 1 saturated heterocycles. The highest BCUT2D eigenvalue weighted by Gasteiger charge is 2.37. The Morgan fingerprint density at radius 2 is 2.00 bits per heavy atom. The maximum atomic E-state index is 5.13. The van der Waals surface area contributed by atoms with Gasteiger partial charge in [-0.3, -0.25) is 4.98 Å². The first-order valence-corrected chi connectivity index (χ1v) is 11.6. The molecule has 2 N–H and O–H groups in total. The fourth-order valence-corrected chi connectivity index (χ4v) is 4.56. The lowest BCUT2D eigenvalue weighted by molar-refractivity contribution is 0.398. The van der Waals surface area contributed by atoms with E-state index in [0.29, 0.717) is 23.6 Å². The van der Waals surface area contributed by atoms with Crippen LogP contribution in [0, 0.1) is 5.92 Å². The Kier molecular flexibility index (Phi) is 5.38. The smallest absolute Gasteiger partial charge is 0.213 e. The van der Waals surface area contributed by atoms with Gasteiger partial charge in [0.25, 0.3) is 0 Å². The second-order valence-corrected chi connectivity index (χ2v) is 8.71. The van der Waals surface area contributed by atoms with Crippen molar-refractivity contribution in [1.82, 2.24) is 30.2 Å². The first kappa shape index (κ1) is 20.7. The summed E-state index contributed by atoms with van der Waals surface area (Å²) in [5, 5.41) is 7.90. The molecule has 34 heavy (non-hydrogen) atoms. The Labute approximate surface area is 197 Å². The Hall–Kier alpha value is -3.85. The van der Waals surface area contributed by atoms with Crippen LogP contribution in [0.5, 0.6) is 5.88 Å². The summed E-state index contributed by atoms with van der Waals surface area (Å²) < 4.78 is 5.13. The molecule has 9 heteroatoms. The average Bonchev–Trinajstić information content (AvgIpc) is 3.74. The molecular formula is C25H26N8O. The third-order valence-electron chi connectivity index (χ3n) is 6.44. The summed E-state index contributed by atoms with van der Waals surface area (Å²) in [6.07, 6.45) is 9.71. The summed E-state index contributed by atoms with van der Waals surface area (Å²) in [6.45, 7) is 2.88. The van der Waals surface area contributed by atoms with Crippen LogP contribution in [0.3, 0.4) is 0 Å². The van der Waals surface area contributed by atoms with Gasteiger partial charge in [-0.05, 0) is 43.0 Å². The molecule has 1 aliphatic carbocycles. The monoisotopic (exact) mass is 454 g/mol. The van der Waals surface area contributed by atoms with Crippen molar-refractivity contribution in [3.05, 3.63) is 55.1 Å². The maximum absolute atomic E-state index is 5.13. The zero-order chi connectivity index (χ0) is 22.9. The molecule has 1 atom stereocenters. The summed E-state index contributed by atoms with van der Waals surface area (Å²) >= 11 is 0. The SMILES string of the molecule is COc1ccc(Nc2cc(-c3nc(N4CCNCC4C4CC4)c4ccncc4n3)ccn2)cn1. The number of hydrogen-bond donors (Lipinski definition) is 2. The number of rotatable bonds is 6. The number of nitrogens with zero attached hydrogens (tertiary/aromatic N) is 6. The van der Waals surface area contributed by atoms with Crippen LogP contribution in [0.2, 0.25) is 0 Å². The molecule has 0 amide bonds. The van der Waals surface area contributed by atoms with Gasteiger partial charge in [0.15, 0.2) is 5.82 Å². The fraction of sp³-hybridized carbons (Fsp3) is 0.320. The van der Waals surface area contributed by atoms with Crippen LogP contribution in [0.4, 0.5) is 17.3 Å². The number of ether oxygens (including phenoxy) is 1. The van der Waals surface area contributed by atoms with Crippen LogP contribution in [-0.2, 0) is 0 Å². The molecule has 2 aliphatic rings. The fourth-order valence-electron chi connectivity index (χ4n) is 4.56. The highest BCUT2D eigenvalue weighted by molar-refractivity contribution is 5.90. The molecule has 172 valence electrons. The van der Waals surface area contributed by atoms with Gasteiger partial charge in [0.1, 0.15) is 11.6 Å². The van der Waals surface area contributed by atoms with Gasteiger partial charge in [-0.15, -0.1) is 0 Å². The molecule has 1 unspecified atom stereocenters. The van der Waals surface area contributed by atoms with E-state index in [2.05, 4.69) is 30.5 Å². The molecule has 0 spiro atoms. The molecule has 9 nitrogen and oxygen atoms in total. The van der Waals surface area contributed by atoms with E-state index in [-0.39, 0.29) is 0 Å². The van der Waals surface area contributed by atoms with Crippen molar-refractivity contribution in [2.45, 2.75) is 18.9 Å². The zero-order valence-corrected chi connectivity index (χ0v) is 19.0. The summed E-state index contributed by atoms with van der Waals surface area (Å²) in [7, 11) is 1.60. The van der Waals surface area contributed by atoms with Crippen molar-refractivity contribution in [1.29, 1.82) is 0 Å². The van der Waals surface area contributed by atoms with Crippen LogP contribution < -0.4 is 20.3 Å². The van der Waals surface area contributed by atoms with Crippen molar-refractivity contribution in [2.24, 2.45) is 5.92 Å². The predicted octanol–water partition coefficient (Wildman–Crippen LogP) is 3.42. The number of pyridine rings is 3. The minimum absolute atomic E-state index is 0.463. The predicted molar refractivity (Wildman–Crippen MR) is 131 cm³/mol. The van der Waals surface area contributed by atoms with Gasteiger partial charge in [-0.25, -0.2) is 19.9 Å². The quantitative estimate of drug-likeness (QED) is 0.454. The molecule has 0 radical (unpaired) electrons. The van der Waals surface area contributed by atoms with Gasteiger partial charge in [0.05, 0.1) is 30.7 Å². The van der Waals surface area contributed by atoms with Gasteiger partial charge >= 0.3 is 0 Å². The average molecular weight is 455 g/mol. The number of methoxy groups -OCH3 is 1. The maximum Gasteiger partial charge on any atom is 0.213 e. The van der Waals surface area contributed by atoms with Gasteiger partial charge in [-0.2, -0.15) is 0 Å². The summed E-state index contributed by atoms with van der Waals surface area (Å²) in [5.41, 5.74) is 2.56. The van der Waals surface area contributed by atoms with E-state index in [0.717, 1.165) is 53.5 Å². The van der Waals surface area contributed by atoms with E-state index in [1.165, 1.54) is 12.8 Å². The van der Waals surface area contributed by atoms with Crippen LogP contribution in [0.25, 0.3) is 22.3 Å². The van der Waals surface area contributed by atoms with E-state index < -0.39 is 0 Å². The Bertz CT molecular complexity index is 1310. The van der Waals surface area contributed by atoms with Crippen molar-refractivity contribution in [3.8, 4) is 17.3 Å². The Morgan fingerprint density at radius 3 is 2.82 bits per heavy atom. The molecule has 4 aromatic rings. The number of piperazine rings is 1. The normalized spacial score (nSPS) is 18.1. The number of anilines is 3. The van der Waals surface area contributed by atoms with Gasteiger partial charge in [-0.1, -0.05) is 0 Å². The van der Waals surface area contributed by atoms with E-state index in [4.69, 9.17) is 14.7 Å². The van der Waals surface area contributed by atoms with E-state index >= 15 is 0 Å². The van der Waals surface area contributed by atoms with E-state index in [9.17, 15) is 0 Å². The zero-order valence-electron chi connectivity index (χ0n) is 19.0. The summed E-state index contributed by atoms with van der Waals surface area (Å²) in [5.74, 6) is 3.65. The molecule has 0 aromatic carbocycles. The lowest BCUT2D eigenvalue weighted by atomic mass is 10.1. The molecular weight excluding hydrogens is 428 g/mol. The van der Waals surface area contributed by atoms with Crippen LogP contribution in [0.15, 0.2) is 55.1 Å². The second kappa shape index (κ2) is 8.83. The second-order valence-electron chi connectivity index (χ2n) is 8.71. The summed E-state index contributed by atoms with van der Waals surface area (Å²) in [6, 6.07) is 10.1. The number of nitrogens with one attached hydrogen (secondary N) is 2. The van der Waals surface area contributed by atoms with Crippen LogP contribution >= 0.6 is 0 Å². The highest BCUT2D eigenvalue weighted by Crippen LogP contribution is 2.39. The first-order valence-electron chi connectivity index (χ1n) is 11.6. The van der Waals surface area contributed by atoms with E-state index in [1.54, 1.807) is 19.5 Å². The third-order valence-corrected chi connectivity index (χ3v) is 6.44. The van der Waals surface area contributed by atoms with Crippen LogP contribution in [0.1, 0.15) is 12.8 Å². The standard InChI is InChI=1S/C25H26N8O/c1-34-23-5-4-18(13-29-23)30-22-12-17(6-9-28-22)24-31-20-14-26-8-7-19(20)25(32-24)33-11-10-27-15-21(33)16-2-3-16/h4-9,12-14,16,21,27H,2-3,10-11,15H2,1H3,(H,28,30). The number of hydrogen-bond acceptors (Lipinski definition) is 9. The van der Waals surface area contributed by atoms with Crippen molar-refractivity contribution >= 4 is 28.2 Å². The molecule has 5 heterocycles. The van der Waals surface area contributed by atoms with Crippen molar-refractivity contribution in [2.75, 3.05) is 37.0 Å². The minimum atomic E-state index is 0.463. The molecule has 0 bridgehead atoms. The Morgan fingerprint density at radius 1 is 1.06 bits per heavy atom. The largest absolute Gasteiger partial charge is 0.481 e. The van der Waals surface area contributed by atoms with Crippen molar-refractivity contribution in [3.63, 3.8) is 0 Å². The molecule has 1 aliphatic heterocycles. The molecule has 1 saturated carbocycles. The van der Waals surface area contributed by atoms with Gasteiger partial charge in [0, 0.05) is 55.1 Å². The Balaban J connectivity index is 1.37. The van der Waals surface area contributed by atoms with E-state index in [1.807, 2.05) is 42.7 Å². The molecule has 6 rings (SSSR count). The van der Waals surface area contributed by atoms with Crippen LogP contribution in [-0.4, -0.2) is 57.7 Å². The lowest BCUT2D eigenvalue weighted by Gasteiger charge is -2.38. The lowest BCUT2D eigenvalue weighted by Crippen LogP contribution is -2.53. The first-order chi connectivity index (χ1) is 16.8. The van der Waals surface area contributed by atoms with Gasteiger partial charge < -0.3 is 20.3 Å². The van der Waals surface area contributed by atoms with Gasteiger partial charge in [0.2, 0.25) is 5.88 Å². The minimum Gasteiger partial charge on any atom is -0.481 e. The molecule has 4 aromatic heterocycles. The molecule has 2 fully saturated rings. The third kappa shape index (κ3) is 4.10. The summed E-state index contributed by atoms with van der Waals surface area (Å²) in [4.78, 5) is 25.5. The highest BCUT2D eigenvalue weighted by atomic mass is 16.5. The number of fused-ring (bicyclic) bond motifs is 1.